The van der Waals surface area contributed by atoms with Crippen molar-refractivity contribution in [3.8, 4) is 0 Å². The van der Waals surface area contributed by atoms with Crippen LogP contribution in [0.25, 0.3) is 17.2 Å². The van der Waals surface area contributed by atoms with E-state index >= 15 is 0 Å². The van der Waals surface area contributed by atoms with Gasteiger partial charge in [-0.3, -0.25) is 4.79 Å². The van der Waals surface area contributed by atoms with Gasteiger partial charge in [-0.1, -0.05) is 96.6 Å². The number of ketones is 1. The number of carbonyl (C=O) groups is 1. The minimum atomic E-state index is 0.0404. The second-order valence-corrected chi connectivity index (χ2v) is 7.53. The van der Waals surface area contributed by atoms with Gasteiger partial charge in [0.2, 0.25) is 0 Å². The molecular weight excluding hydrogens is 364 g/mol. The van der Waals surface area contributed by atoms with E-state index in [1.165, 1.54) is 5.56 Å². The number of aryl methyl sites for hydroxylation is 1. The molecule has 1 nitrogen and oxygen atoms in total. The van der Waals surface area contributed by atoms with E-state index in [1.54, 1.807) is 13.0 Å². The van der Waals surface area contributed by atoms with Gasteiger partial charge in [0.25, 0.3) is 0 Å². The Labute approximate surface area is 178 Å². The van der Waals surface area contributed by atoms with Crippen molar-refractivity contribution in [3.05, 3.63) is 137 Å². The molecule has 1 aliphatic rings. The number of hydrogen-bond acceptors (Lipinski definition) is 1. The van der Waals surface area contributed by atoms with Crippen LogP contribution in [0.3, 0.4) is 0 Å². The molecule has 30 heavy (non-hydrogen) atoms. The highest BCUT2D eigenvalue weighted by Gasteiger charge is 2.22. The van der Waals surface area contributed by atoms with Crippen LogP contribution in [-0.4, -0.2) is 5.78 Å². The third-order valence-electron chi connectivity index (χ3n) is 5.18. The fourth-order valence-corrected chi connectivity index (χ4v) is 3.71. The Morgan fingerprint density at radius 3 is 2.03 bits per heavy atom. The summed E-state index contributed by atoms with van der Waals surface area (Å²) >= 11 is 0. The summed E-state index contributed by atoms with van der Waals surface area (Å²) in [6, 6.07) is 29.3. The van der Waals surface area contributed by atoms with Gasteiger partial charge in [-0.2, -0.15) is 0 Å². The van der Waals surface area contributed by atoms with Crippen LogP contribution in [0.15, 0.2) is 114 Å². The Morgan fingerprint density at radius 1 is 0.767 bits per heavy atom. The molecular formula is C29H24O. The number of hydrogen-bond donors (Lipinski definition) is 0. The molecule has 0 aliphatic heterocycles. The molecule has 0 amide bonds. The first kappa shape index (κ1) is 19.6. The van der Waals surface area contributed by atoms with E-state index in [0.29, 0.717) is 0 Å². The quantitative estimate of drug-likeness (QED) is 0.427. The molecule has 0 aromatic heterocycles. The molecule has 3 aromatic carbocycles. The Kier molecular flexibility index (Phi) is 5.72. The lowest BCUT2D eigenvalue weighted by Gasteiger charge is -2.10. The van der Waals surface area contributed by atoms with Crippen LogP contribution in [0.5, 0.6) is 0 Å². The predicted molar refractivity (Wildman–Crippen MR) is 127 cm³/mol. The third-order valence-corrected chi connectivity index (χ3v) is 5.18. The van der Waals surface area contributed by atoms with Crippen LogP contribution in [-0.2, 0) is 4.79 Å². The van der Waals surface area contributed by atoms with Crippen LogP contribution < -0.4 is 0 Å². The second-order valence-electron chi connectivity index (χ2n) is 7.53. The molecule has 0 N–H and O–H groups in total. The van der Waals surface area contributed by atoms with Gasteiger partial charge < -0.3 is 0 Å². The van der Waals surface area contributed by atoms with Crippen molar-refractivity contribution < 1.29 is 4.79 Å². The molecule has 0 radical (unpaired) electrons. The highest BCUT2D eigenvalue weighted by atomic mass is 16.1. The van der Waals surface area contributed by atoms with Crippen LogP contribution >= 0.6 is 0 Å². The highest BCUT2D eigenvalue weighted by Crippen LogP contribution is 2.43. The van der Waals surface area contributed by atoms with Gasteiger partial charge >= 0.3 is 0 Å². The van der Waals surface area contributed by atoms with Crippen molar-refractivity contribution in [1.29, 1.82) is 0 Å². The van der Waals surface area contributed by atoms with E-state index in [0.717, 1.165) is 39.0 Å². The van der Waals surface area contributed by atoms with E-state index in [1.807, 2.05) is 18.2 Å². The fraction of sp³-hybridized carbons (Fsp3) is 0.0690. The van der Waals surface area contributed by atoms with Crippen molar-refractivity contribution >= 4 is 23.0 Å². The first-order valence-electron chi connectivity index (χ1n) is 10.2. The summed E-state index contributed by atoms with van der Waals surface area (Å²) in [7, 11) is 0. The van der Waals surface area contributed by atoms with E-state index in [-0.39, 0.29) is 5.78 Å². The second kappa shape index (κ2) is 8.75. The smallest absolute Gasteiger partial charge is 0.152 e. The van der Waals surface area contributed by atoms with E-state index in [4.69, 9.17) is 0 Å². The summed E-state index contributed by atoms with van der Waals surface area (Å²) in [5, 5.41) is 0. The largest absolute Gasteiger partial charge is 0.295 e. The molecule has 0 saturated carbocycles. The van der Waals surface area contributed by atoms with Crippen LogP contribution in [0.2, 0.25) is 0 Å². The van der Waals surface area contributed by atoms with Crippen molar-refractivity contribution in [2.45, 2.75) is 13.8 Å². The lowest BCUT2D eigenvalue weighted by Crippen LogP contribution is -1.91. The first-order valence-corrected chi connectivity index (χ1v) is 10.2. The number of rotatable bonds is 5. The molecule has 146 valence electrons. The Hall–Kier alpha value is -3.71. The molecule has 1 aliphatic carbocycles. The molecule has 0 bridgehead atoms. The number of allylic oxidation sites excluding steroid dienone is 7. The van der Waals surface area contributed by atoms with Crippen LogP contribution in [0, 0.1) is 6.92 Å². The molecule has 3 aromatic rings. The zero-order chi connectivity index (χ0) is 20.9. The number of carbonyl (C=O) groups excluding carboxylic acids is 1. The van der Waals surface area contributed by atoms with Crippen molar-refractivity contribution in [1.82, 2.24) is 0 Å². The first-order chi connectivity index (χ1) is 14.6. The minimum Gasteiger partial charge on any atom is -0.295 e. The average Bonchev–Trinajstić information content (AvgIpc) is 3.12. The summed E-state index contributed by atoms with van der Waals surface area (Å²) in [4.78, 5) is 11.8. The van der Waals surface area contributed by atoms with Gasteiger partial charge in [0, 0.05) is 0 Å². The van der Waals surface area contributed by atoms with Gasteiger partial charge in [-0.25, -0.2) is 0 Å². The van der Waals surface area contributed by atoms with E-state index in [2.05, 4.69) is 91.9 Å². The normalized spacial score (nSPS) is 15.1. The summed E-state index contributed by atoms with van der Waals surface area (Å²) in [6.07, 6.45) is 8.07. The summed E-state index contributed by atoms with van der Waals surface area (Å²) in [6.45, 7) is 3.68. The summed E-state index contributed by atoms with van der Waals surface area (Å²) in [5.74, 6) is 0.0404. The third kappa shape index (κ3) is 4.31. The Bertz CT molecular complexity index is 1170. The maximum atomic E-state index is 11.8. The lowest BCUT2D eigenvalue weighted by molar-refractivity contribution is -0.112. The SMILES string of the molecule is CC(=O)/C=C/C1=C(c2ccccc2)C(=C/c2ccccc2)/C=C1c1ccc(C)cc1. The fourth-order valence-electron chi connectivity index (χ4n) is 3.71. The van der Waals surface area contributed by atoms with Crippen molar-refractivity contribution in [2.75, 3.05) is 0 Å². The van der Waals surface area contributed by atoms with Gasteiger partial charge in [0.15, 0.2) is 5.78 Å². The number of benzene rings is 3. The maximum Gasteiger partial charge on any atom is 0.152 e. The van der Waals surface area contributed by atoms with Crippen LogP contribution in [0.1, 0.15) is 29.2 Å². The molecule has 1 heteroatoms. The molecule has 0 spiro atoms. The molecule has 0 saturated heterocycles. The summed E-state index contributed by atoms with van der Waals surface area (Å²) in [5.41, 5.74) is 9.16. The zero-order valence-electron chi connectivity index (χ0n) is 17.3. The Morgan fingerprint density at radius 2 is 1.40 bits per heavy atom. The monoisotopic (exact) mass is 388 g/mol. The van der Waals surface area contributed by atoms with Crippen LogP contribution in [0.4, 0.5) is 0 Å². The zero-order valence-corrected chi connectivity index (χ0v) is 17.3. The van der Waals surface area contributed by atoms with Crippen molar-refractivity contribution in [3.63, 3.8) is 0 Å². The molecule has 0 fully saturated rings. The van der Waals surface area contributed by atoms with Gasteiger partial charge in [0.1, 0.15) is 0 Å². The topological polar surface area (TPSA) is 17.1 Å². The predicted octanol–water partition coefficient (Wildman–Crippen LogP) is 7.07. The van der Waals surface area contributed by atoms with Crippen molar-refractivity contribution in [2.24, 2.45) is 0 Å². The standard InChI is InChI=1S/C29H24O/c1-21-13-16-24(17-14-21)28-20-26(19-23-9-5-3-6-10-23)29(25-11-7-4-8-12-25)27(28)18-15-22(2)30/h3-20H,1-2H3/b18-15+,26-19+. The van der Waals surface area contributed by atoms with Gasteiger partial charge in [-0.05, 0) is 71.1 Å². The van der Waals surface area contributed by atoms with Gasteiger partial charge in [0.05, 0.1) is 0 Å². The summed E-state index contributed by atoms with van der Waals surface area (Å²) < 4.78 is 0. The van der Waals surface area contributed by atoms with E-state index in [9.17, 15) is 4.79 Å². The highest BCUT2D eigenvalue weighted by molar-refractivity contribution is 6.08. The molecule has 4 rings (SSSR count). The molecule has 0 atom stereocenters. The molecule has 0 unspecified atom stereocenters. The Balaban J connectivity index is 1.96. The average molecular weight is 389 g/mol. The molecule has 0 heterocycles. The van der Waals surface area contributed by atoms with Gasteiger partial charge in [-0.15, -0.1) is 0 Å². The maximum absolute atomic E-state index is 11.8. The van der Waals surface area contributed by atoms with E-state index < -0.39 is 0 Å². The lowest BCUT2D eigenvalue weighted by atomic mass is 9.93. The minimum absolute atomic E-state index is 0.0404.